The molecule has 0 bridgehead atoms. The summed E-state index contributed by atoms with van der Waals surface area (Å²) in [4.78, 5) is 0. The van der Waals surface area contributed by atoms with E-state index in [1.165, 1.54) is 11.1 Å². The number of fused-ring (bicyclic) bond motifs is 1. The van der Waals surface area contributed by atoms with Gasteiger partial charge in [0.1, 0.15) is 5.75 Å². The molecule has 1 aliphatic rings. The van der Waals surface area contributed by atoms with Gasteiger partial charge in [-0.2, -0.15) is 5.26 Å². The fourth-order valence-corrected chi connectivity index (χ4v) is 2.88. The fourth-order valence-electron chi connectivity index (χ4n) is 2.88. The lowest BCUT2D eigenvalue weighted by molar-refractivity contribution is 0.414. The summed E-state index contributed by atoms with van der Waals surface area (Å²) in [6, 6.07) is 18.6. The second kappa shape index (κ2) is 5.22. The molecule has 2 nitrogen and oxygen atoms in total. The highest BCUT2D eigenvalue weighted by atomic mass is 16.5. The lowest BCUT2D eigenvalue weighted by Gasteiger charge is -2.12. The molecule has 1 unspecified atom stereocenters. The first-order valence-corrected chi connectivity index (χ1v) is 6.65. The van der Waals surface area contributed by atoms with Crippen molar-refractivity contribution in [1.82, 2.24) is 0 Å². The Kier molecular flexibility index (Phi) is 3.26. The number of ether oxygens (including phenoxy) is 1. The summed E-state index contributed by atoms with van der Waals surface area (Å²) in [6.45, 7) is 0. The van der Waals surface area contributed by atoms with E-state index in [2.05, 4.69) is 24.3 Å². The summed E-state index contributed by atoms with van der Waals surface area (Å²) in [7, 11) is 1.67. The van der Waals surface area contributed by atoms with E-state index in [0.29, 0.717) is 0 Å². The van der Waals surface area contributed by atoms with Gasteiger partial charge in [-0.3, -0.25) is 0 Å². The van der Waals surface area contributed by atoms with Gasteiger partial charge in [0, 0.05) is 12.0 Å². The third kappa shape index (κ3) is 2.08. The second-order valence-electron chi connectivity index (χ2n) is 4.92. The Hall–Kier alpha value is -2.53. The molecular weight excluding hydrogens is 246 g/mol. The van der Waals surface area contributed by atoms with Crippen molar-refractivity contribution in [3.05, 3.63) is 71.3 Å². The van der Waals surface area contributed by atoms with Gasteiger partial charge >= 0.3 is 0 Å². The molecule has 2 aromatic carbocycles. The molecule has 20 heavy (non-hydrogen) atoms. The van der Waals surface area contributed by atoms with Crippen LogP contribution >= 0.6 is 0 Å². The smallest absolute Gasteiger partial charge is 0.119 e. The molecular formula is C18H15NO. The minimum Gasteiger partial charge on any atom is -0.497 e. The van der Waals surface area contributed by atoms with Gasteiger partial charge in [-0.15, -0.1) is 0 Å². The number of allylic oxidation sites excluding steroid dienone is 2. The van der Waals surface area contributed by atoms with Gasteiger partial charge in [0.05, 0.1) is 13.2 Å². The third-order valence-electron chi connectivity index (χ3n) is 3.85. The summed E-state index contributed by atoms with van der Waals surface area (Å²) < 4.78 is 5.30. The molecule has 0 amide bonds. The minimum absolute atomic E-state index is 0.262. The molecule has 2 heteroatoms. The Morgan fingerprint density at radius 2 is 2.00 bits per heavy atom. The van der Waals surface area contributed by atoms with E-state index < -0.39 is 0 Å². The van der Waals surface area contributed by atoms with Crippen LogP contribution in [0, 0.1) is 11.3 Å². The van der Waals surface area contributed by atoms with Crippen LogP contribution in [-0.2, 0) is 6.42 Å². The van der Waals surface area contributed by atoms with Crippen LogP contribution in [0.5, 0.6) is 5.75 Å². The van der Waals surface area contributed by atoms with Gasteiger partial charge < -0.3 is 4.74 Å². The zero-order chi connectivity index (χ0) is 13.9. The number of nitriles is 1. The maximum atomic E-state index is 9.09. The summed E-state index contributed by atoms with van der Waals surface area (Å²) in [5.41, 5.74) is 4.76. The lowest BCUT2D eigenvalue weighted by atomic mass is 9.92. The van der Waals surface area contributed by atoms with Crippen LogP contribution < -0.4 is 4.74 Å². The molecule has 3 rings (SSSR count). The van der Waals surface area contributed by atoms with E-state index in [9.17, 15) is 0 Å². The second-order valence-corrected chi connectivity index (χ2v) is 4.92. The summed E-state index contributed by atoms with van der Waals surface area (Å²) in [5.74, 6) is 1.10. The van der Waals surface area contributed by atoms with E-state index in [1.807, 2.05) is 30.3 Å². The molecule has 2 aromatic rings. The molecule has 0 radical (unpaired) electrons. The minimum atomic E-state index is 0.262. The number of nitrogens with zero attached hydrogens (tertiary/aromatic N) is 1. The fraction of sp³-hybridized carbons (Fsp3) is 0.167. The molecule has 0 aliphatic heterocycles. The van der Waals surface area contributed by atoms with Crippen molar-refractivity contribution in [1.29, 1.82) is 5.26 Å². The topological polar surface area (TPSA) is 33.0 Å². The summed E-state index contributed by atoms with van der Waals surface area (Å²) in [5, 5.41) is 9.09. The van der Waals surface area contributed by atoms with E-state index >= 15 is 0 Å². The van der Waals surface area contributed by atoms with Crippen molar-refractivity contribution in [3.8, 4) is 11.8 Å². The number of benzene rings is 2. The Balaban J connectivity index is 2.09. The Morgan fingerprint density at radius 1 is 1.20 bits per heavy atom. The maximum Gasteiger partial charge on any atom is 0.119 e. The van der Waals surface area contributed by atoms with Crippen LogP contribution in [0.2, 0.25) is 0 Å². The van der Waals surface area contributed by atoms with Gasteiger partial charge in [-0.1, -0.05) is 36.4 Å². The zero-order valence-corrected chi connectivity index (χ0v) is 11.3. The third-order valence-corrected chi connectivity index (χ3v) is 3.85. The first-order valence-electron chi connectivity index (χ1n) is 6.65. The van der Waals surface area contributed by atoms with E-state index in [-0.39, 0.29) is 5.92 Å². The van der Waals surface area contributed by atoms with Crippen LogP contribution in [0.1, 0.15) is 22.6 Å². The summed E-state index contributed by atoms with van der Waals surface area (Å²) in [6.07, 6.45) is 2.61. The molecule has 0 spiro atoms. The largest absolute Gasteiger partial charge is 0.497 e. The number of rotatable bonds is 2. The van der Waals surface area contributed by atoms with Gasteiger partial charge in [-0.05, 0) is 40.8 Å². The highest BCUT2D eigenvalue weighted by molar-refractivity contribution is 5.80. The Bertz CT molecular complexity index is 695. The van der Waals surface area contributed by atoms with Crippen molar-refractivity contribution < 1.29 is 4.74 Å². The predicted octanol–water partition coefficient (Wildman–Crippen LogP) is 3.94. The molecule has 0 saturated carbocycles. The van der Waals surface area contributed by atoms with Crippen LogP contribution in [-0.4, -0.2) is 7.11 Å². The van der Waals surface area contributed by atoms with Crippen molar-refractivity contribution >= 4 is 5.57 Å². The van der Waals surface area contributed by atoms with Gasteiger partial charge in [-0.25, -0.2) is 0 Å². The van der Waals surface area contributed by atoms with Crippen molar-refractivity contribution in [2.75, 3.05) is 7.11 Å². The number of methoxy groups -OCH3 is 1. The van der Waals surface area contributed by atoms with Crippen molar-refractivity contribution in [2.45, 2.75) is 12.3 Å². The number of hydrogen-bond donors (Lipinski definition) is 0. The molecule has 0 aromatic heterocycles. The lowest BCUT2D eigenvalue weighted by Crippen LogP contribution is -1.96. The molecule has 0 saturated heterocycles. The maximum absolute atomic E-state index is 9.09. The monoisotopic (exact) mass is 261 g/mol. The highest BCUT2D eigenvalue weighted by Crippen LogP contribution is 2.44. The van der Waals surface area contributed by atoms with Gasteiger partial charge in [0.15, 0.2) is 0 Å². The Labute approximate surface area is 118 Å². The van der Waals surface area contributed by atoms with E-state index in [1.54, 1.807) is 13.2 Å². The zero-order valence-electron chi connectivity index (χ0n) is 11.3. The number of hydrogen-bond acceptors (Lipinski definition) is 2. The molecule has 0 heterocycles. The van der Waals surface area contributed by atoms with Crippen LogP contribution in [0.25, 0.3) is 5.57 Å². The SMILES string of the molecule is COc1ccc2c(c1)/C(=C\C#N)C(c1ccccc1)C2. The first-order chi connectivity index (χ1) is 9.83. The Morgan fingerprint density at radius 3 is 2.70 bits per heavy atom. The van der Waals surface area contributed by atoms with E-state index in [0.717, 1.165) is 23.3 Å². The summed E-state index contributed by atoms with van der Waals surface area (Å²) >= 11 is 0. The van der Waals surface area contributed by atoms with Crippen LogP contribution in [0.3, 0.4) is 0 Å². The predicted molar refractivity (Wildman–Crippen MR) is 79.5 cm³/mol. The normalized spacial score (nSPS) is 18.6. The van der Waals surface area contributed by atoms with Crippen molar-refractivity contribution in [2.24, 2.45) is 0 Å². The van der Waals surface area contributed by atoms with Crippen molar-refractivity contribution in [3.63, 3.8) is 0 Å². The molecule has 98 valence electrons. The molecule has 0 N–H and O–H groups in total. The van der Waals surface area contributed by atoms with Gasteiger partial charge in [0.2, 0.25) is 0 Å². The quantitative estimate of drug-likeness (QED) is 0.767. The highest BCUT2D eigenvalue weighted by Gasteiger charge is 2.28. The van der Waals surface area contributed by atoms with Gasteiger partial charge in [0.25, 0.3) is 0 Å². The van der Waals surface area contributed by atoms with E-state index in [4.69, 9.17) is 10.00 Å². The average molecular weight is 261 g/mol. The standard InChI is InChI=1S/C18H15NO/c1-20-15-8-7-14-11-17(13-5-3-2-4-6-13)16(9-10-19)18(14)12-15/h2-9,12,17H,11H2,1H3/b16-9-. The van der Waals surface area contributed by atoms with Crippen LogP contribution in [0.15, 0.2) is 54.6 Å². The first kappa shape index (κ1) is 12.5. The molecule has 1 aliphatic carbocycles. The average Bonchev–Trinajstić information content (AvgIpc) is 2.86. The van der Waals surface area contributed by atoms with Crippen LogP contribution in [0.4, 0.5) is 0 Å². The molecule has 0 fully saturated rings. The molecule has 1 atom stereocenters.